The lowest BCUT2D eigenvalue weighted by molar-refractivity contribution is -0.145. The number of nitrogens with one attached hydrogen (secondary N) is 2. The summed E-state index contributed by atoms with van der Waals surface area (Å²) in [5, 5.41) is 2.83. The van der Waals surface area contributed by atoms with Gasteiger partial charge in [-0.1, -0.05) is 96.1 Å². The van der Waals surface area contributed by atoms with E-state index in [1.54, 1.807) is 30.3 Å². The molecule has 0 aliphatic carbocycles. The summed E-state index contributed by atoms with van der Waals surface area (Å²) in [5.74, 6) is -0.444. The van der Waals surface area contributed by atoms with Crippen molar-refractivity contribution in [3.8, 4) is 11.5 Å². The van der Waals surface area contributed by atoms with Crippen molar-refractivity contribution in [2.75, 3.05) is 20.8 Å². The first kappa shape index (κ1) is 42.0. The molecule has 1 aromatic heterocycles. The van der Waals surface area contributed by atoms with Crippen molar-refractivity contribution in [1.82, 2.24) is 15.0 Å². The minimum Gasteiger partial charge on any atom is -0.493 e. The van der Waals surface area contributed by atoms with Crippen LogP contribution in [0.1, 0.15) is 129 Å². The molecule has 52 heavy (non-hydrogen) atoms. The zero-order valence-corrected chi connectivity index (χ0v) is 31.7. The van der Waals surface area contributed by atoms with Gasteiger partial charge >= 0.3 is 5.97 Å². The van der Waals surface area contributed by atoms with Crippen molar-refractivity contribution in [3.63, 3.8) is 0 Å². The minimum absolute atomic E-state index is 0.0241. The molecule has 0 bridgehead atoms. The Balaban J connectivity index is 1.32. The zero-order chi connectivity index (χ0) is 37.6. The summed E-state index contributed by atoms with van der Waals surface area (Å²) in [7, 11) is -1.14. The second-order valence-corrected chi connectivity index (χ2v) is 14.5. The van der Waals surface area contributed by atoms with E-state index in [1.165, 1.54) is 109 Å². The van der Waals surface area contributed by atoms with E-state index in [2.05, 4.69) is 21.9 Å². The number of unbranched alkanes of at least 4 members (excludes halogenated alkanes) is 12. The number of nitrogens with zero attached hydrogens (tertiary/aromatic N) is 1. The van der Waals surface area contributed by atoms with Crippen molar-refractivity contribution in [2.45, 2.75) is 115 Å². The number of amides is 2. The highest BCUT2D eigenvalue weighted by Crippen LogP contribution is 2.27. The largest absolute Gasteiger partial charge is 0.493 e. The third-order valence-electron chi connectivity index (χ3n) is 8.76. The van der Waals surface area contributed by atoms with Crippen molar-refractivity contribution in [2.24, 2.45) is 0 Å². The number of rotatable bonds is 25. The Morgan fingerprint density at radius 2 is 1.29 bits per heavy atom. The van der Waals surface area contributed by atoms with Gasteiger partial charge in [0.2, 0.25) is 0 Å². The summed E-state index contributed by atoms with van der Waals surface area (Å²) in [6, 6.07) is 13.9. The van der Waals surface area contributed by atoms with Gasteiger partial charge in [0.15, 0.2) is 11.5 Å². The Morgan fingerprint density at radius 3 is 1.87 bits per heavy atom. The van der Waals surface area contributed by atoms with Crippen LogP contribution in [0.2, 0.25) is 0 Å². The fourth-order valence-corrected chi connectivity index (χ4v) is 6.61. The molecule has 0 radical (unpaired) electrons. The van der Waals surface area contributed by atoms with Crippen LogP contribution in [-0.2, 0) is 32.6 Å². The van der Waals surface area contributed by atoms with E-state index < -0.39 is 15.9 Å². The fraction of sp³-hybridized carbons (Fsp3) is 0.500. The summed E-state index contributed by atoms with van der Waals surface area (Å²) in [4.78, 5) is 41.5. The molecule has 2 N–H and O–H groups in total. The van der Waals surface area contributed by atoms with E-state index in [9.17, 15) is 22.8 Å². The maximum atomic E-state index is 12.9. The summed E-state index contributed by atoms with van der Waals surface area (Å²) in [6.45, 7) is 2.54. The second kappa shape index (κ2) is 23.2. The molecule has 0 aliphatic heterocycles. The number of methoxy groups -OCH3 is 2. The minimum atomic E-state index is -4.15. The van der Waals surface area contributed by atoms with Crippen molar-refractivity contribution in [1.29, 1.82) is 0 Å². The molecule has 2 aromatic carbocycles. The number of sulfonamides is 1. The van der Waals surface area contributed by atoms with Gasteiger partial charge in [0.1, 0.15) is 6.61 Å². The SMILES string of the molecule is CCCCCCCCCCCCCCCC(=O)OCc1ccc(C(=O)NS(=O)(=O)c2ccc(CCNC(=O)c3ccc(OC)c(OC)c3)cc2)cn1. The fourth-order valence-electron chi connectivity index (χ4n) is 5.63. The number of aromatic nitrogens is 1. The van der Waals surface area contributed by atoms with E-state index in [0.717, 1.165) is 24.8 Å². The Hall–Kier alpha value is -4.45. The zero-order valence-electron chi connectivity index (χ0n) is 30.9. The average molecular weight is 738 g/mol. The van der Waals surface area contributed by atoms with E-state index in [1.807, 2.05) is 0 Å². The summed E-state index contributed by atoms with van der Waals surface area (Å²) >= 11 is 0. The number of pyridine rings is 1. The van der Waals surface area contributed by atoms with Gasteiger partial charge in [0, 0.05) is 24.7 Å². The van der Waals surface area contributed by atoms with Gasteiger partial charge in [0.05, 0.1) is 30.4 Å². The molecule has 2 amide bonds. The molecule has 0 atom stereocenters. The highest BCUT2D eigenvalue weighted by atomic mass is 32.2. The third kappa shape index (κ3) is 15.0. The molecule has 0 aliphatic rings. The number of hydrogen-bond acceptors (Lipinski definition) is 9. The molecule has 11 nitrogen and oxygen atoms in total. The number of carbonyl (C=O) groups is 3. The average Bonchev–Trinajstić information content (AvgIpc) is 3.15. The molecular weight excluding hydrogens is 683 g/mol. The van der Waals surface area contributed by atoms with Crippen molar-refractivity contribution in [3.05, 3.63) is 83.2 Å². The predicted octanol–water partition coefficient (Wildman–Crippen LogP) is 7.71. The van der Waals surface area contributed by atoms with Crippen LogP contribution >= 0.6 is 0 Å². The van der Waals surface area contributed by atoms with Crippen LogP contribution in [0.4, 0.5) is 0 Å². The normalized spacial score (nSPS) is 11.1. The molecule has 0 saturated heterocycles. The smallest absolute Gasteiger partial charge is 0.306 e. The van der Waals surface area contributed by atoms with Gasteiger partial charge < -0.3 is 19.5 Å². The van der Waals surface area contributed by atoms with Gasteiger partial charge in [0.25, 0.3) is 21.8 Å². The van der Waals surface area contributed by atoms with E-state index in [-0.39, 0.29) is 28.9 Å². The summed E-state index contributed by atoms with van der Waals surface area (Å²) in [5.41, 5.74) is 1.71. The first-order valence-corrected chi connectivity index (χ1v) is 19.9. The summed E-state index contributed by atoms with van der Waals surface area (Å²) < 4.78 is 43.6. The van der Waals surface area contributed by atoms with Crippen LogP contribution in [0.25, 0.3) is 0 Å². The molecule has 0 saturated carbocycles. The first-order chi connectivity index (χ1) is 25.2. The first-order valence-electron chi connectivity index (χ1n) is 18.4. The molecule has 12 heteroatoms. The van der Waals surface area contributed by atoms with Gasteiger partial charge in [-0.2, -0.15) is 0 Å². The molecule has 0 unspecified atom stereocenters. The molecule has 0 fully saturated rings. The highest BCUT2D eigenvalue weighted by Gasteiger charge is 2.19. The van der Waals surface area contributed by atoms with Crippen LogP contribution in [0.3, 0.4) is 0 Å². The molecule has 1 heterocycles. The number of hydrogen-bond donors (Lipinski definition) is 2. The predicted molar refractivity (Wildman–Crippen MR) is 201 cm³/mol. The topological polar surface area (TPSA) is 150 Å². The lowest BCUT2D eigenvalue weighted by atomic mass is 10.0. The third-order valence-corrected chi connectivity index (χ3v) is 10.1. The summed E-state index contributed by atoms with van der Waals surface area (Å²) in [6.07, 6.45) is 18.1. The van der Waals surface area contributed by atoms with Crippen LogP contribution in [0.15, 0.2) is 65.7 Å². The van der Waals surface area contributed by atoms with Gasteiger partial charge in [-0.3, -0.25) is 19.4 Å². The Kier molecular flexibility index (Phi) is 18.7. The maximum Gasteiger partial charge on any atom is 0.306 e. The van der Waals surface area contributed by atoms with Crippen LogP contribution in [-0.4, -0.2) is 51.9 Å². The Bertz CT molecular complexity index is 1640. The highest BCUT2D eigenvalue weighted by molar-refractivity contribution is 7.90. The lowest BCUT2D eigenvalue weighted by Crippen LogP contribution is -2.30. The number of ether oxygens (including phenoxy) is 3. The van der Waals surface area contributed by atoms with Crippen molar-refractivity contribution >= 4 is 27.8 Å². The van der Waals surface area contributed by atoms with Crippen LogP contribution in [0, 0.1) is 0 Å². The molecule has 0 spiro atoms. The van der Waals surface area contributed by atoms with E-state index in [0.29, 0.717) is 42.1 Å². The van der Waals surface area contributed by atoms with Gasteiger partial charge in [-0.15, -0.1) is 0 Å². The van der Waals surface area contributed by atoms with E-state index in [4.69, 9.17) is 14.2 Å². The van der Waals surface area contributed by atoms with E-state index >= 15 is 0 Å². The number of benzene rings is 2. The molecular formula is C40H55N3O8S. The molecule has 3 rings (SSSR count). The van der Waals surface area contributed by atoms with Gasteiger partial charge in [-0.25, -0.2) is 13.1 Å². The quantitative estimate of drug-likeness (QED) is 0.0658. The Labute approximate surface area is 309 Å². The number of carbonyl (C=O) groups excluding carboxylic acids is 3. The lowest BCUT2D eigenvalue weighted by Gasteiger charge is -2.10. The van der Waals surface area contributed by atoms with Crippen molar-refractivity contribution < 1.29 is 37.0 Å². The van der Waals surface area contributed by atoms with Crippen LogP contribution in [0.5, 0.6) is 11.5 Å². The maximum absolute atomic E-state index is 12.9. The molecule has 3 aromatic rings. The van der Waals surface area contributed by atoms with Gasteiger partial charge in [-0.05, 0) is 60.9 Å². The van der Waals surface area contributed by atoms with Crippen LogP contribution < -0.4 is 19.5 Å². The number of esters is 1. The Morgan fingerprint density at radius 1 is 0.692 bits per heavy atom. The molecule has 284 valence electrons. The second-order valence-electron chi connectivity index (χ2n) is 12.8. The monoisotopic (exact) mass is 737 g/mol. The standard InChI is InChI=1S/C40H55N3O8S/c1-4-5-6-7-8-9-10-11-12-13-14-15-16-17-38(44)51-30-34-22-20-33(29-42-34)40(46)43-52(47,48)35-23-18-31(19-24-35)26-27-41-39(45)32-21-25-36(49-2)37(28-32)50-3/h18-25,28-29H,4-17,26-27,30H2,1-3H3,(H,41,45)(H,43,46).